The van der Waals surface area contributed by atoms with Gasteiger partial charge in [-0.05, 0) is 37.1 Å². The first kappa shape index (κ1) is 12.2. The zero-order valence-electron chi connectivity index (χ0n) is 11.0. The van der Waals surface area contributed by atoms with Crippen molar-refractivity contribution in [3.8, 4) is 5.75 Å². The molecule has 19 heavy (non-hydrogen) atoms. The largest absolute Gasteiger partial charge is 0.497 e. The van der Waals surface area contributed by atoms with Gasteiger partial charge in [-0.2, -0.15) is 0 Å². The monoisotopic (exact) mass is 259 g/mol. The van der Waals surface area contributed by atoms with E-state index < -0.39 is 5.54 Å². The van der Waals surface area contributed by atoms with Crippen molar-refractivity contribution >= 4 is 11.9 Å². The van der Waals surface area contributed by atoms with Crippen molar-refractivity contribution < 1.29 is 14.3 Å². The lowest BCUT2D eigenvalue weighted by atomic mass is 9.83. The van der Waals surface area contributed by atoms with Crippen LogP contribution in [0.5, 0.6) is 5.75 Å². The first-order valence-corrected chi connectivity index (χ1v) is 6.70. The summed E-state index contributed by atoms with van der Waals surface area (Å²) >= 11 is 0. The van der Waals surface area contributed by atoms with Crippen LogP contribution in [0.15, 0.2) is 29.3 Å². The Morgan fingerprint density at radius 3 is 2.47 bits per heavy atom. The quantitative estimate of drug-likeness (QED) is 0.767. The number of methoxy groups -OCH3 is 1. The molecule has 0 N–H and O–H groups in total. The normalized spacial score (nSPS) is 21.1. The number of aliphatic imine (C=N–C) groups is 1. The third-order valence-electron chi connectivity index (χ3n) is 3.90. The first-order valence-electron chi connectivity index (χ1n) is 6.70. The molecule has 3 rings (SSSR count). The average Bonchev–Trinajstić information content (AvgIpc) is 2.77. The van der Waals surface area contributed by atoms with Crippen LogP contribution in [0.2, 0.25) is 0 Å². The van der Waals surface area contributed by atoms with Crippen molar-refractivity contribution in [2.75, 3.05) is 7.11 Å². The van der Waals surface area contributed by atoms with E-state index in [1.165, 1.54) is 6.42 Å². The highest BCUT2D eigenvalue weighted by atomic mass is 16.6. The molecule has 0 atom stereocenters. The van der Waals surface area contributed by atoms with E-state index in [0.29, 0.717) is 5.90 Å². The van der Waals surface area contributed by atoms with Crippen molar-refractivity contribution in [1.29, 1.82) is 0 Å². The van der Waals surface area contributed by atoms with Crippen LogP contribution in [0.1, 0.15) is 37.7 Å². The Morgan fingerprint density at radius 1 is 1.16 bits per heavy atom. The Bertz CT molecular complexity index is 513. The summed E-state index contributed by atoms with van der Waals surface area (Å²) in [5.41, 5.74) is 0.227. The molecule has 0 aromatic heterocycles. The predicted molar refractivity (Wildman–Crippen MR) is 71.4 cm³/mol. The fourth-order valence-corrected chi connectivity index (χ4v) is 2.76. The van der Waals surface area contributed by atoms with Crippen LogP contribution in [0.4, 0.5) is 0 Å². The number of hydrogen-bond acceptors (Lipinski definition) is 4. The molecule has 0 radical (unpaired) electrons. The van der Waals surface area contributed by atoms with Gasteiger partial charge in [0, 0.05) is 5.56 Å². The summed E-state index contributed by atoms with van der Waals surface area (Å²) in [4.78, 5) is 16.7. The second-order valence-corrected chi connectivity index (χ2v) is 5.13. The van der Waals surface area contributed by atoms with Gasteiger partial charge in [-0.25, -0.2) is 9.79 Å². The summed E-state index contributed by atoms with van der Waals surface area (Å²) in [6, 6.07) is 7.43. The molecule has 1 heterocycles. The van der Waals surface area contributed by atoms with E-state index in [1.807, 2.05) is 24.3 Å². The molecule has 1 saturated carbocycles. The number of benzene rings is 1. The zero-order valence-corrected chi connectivity index (χ0v) is 11.0. The lowest BCUT2D eigenvalue weighted by molar-refractivity contribution is -0.140. The number of carbonyl (C=O) groups is 1. The van der Waals surface area contributed by atoms with E-state index in [-0.39, 0.29) is 5.97 Å². The Hall–Kier alpha value is -1.84. The summed E-state index contributed by atoms with van der Waals surface area (Å²) in [5, 5.41) is 0. The van der Waals surface area contributed by atoms with E-state index >= 15 is 0 Å². The maximum absolute atomic E-state index is 12.1. The minimum absolute atomic E-state index is 0.182. The topological polar surface area (TPSA) is 47.9 Å². The molecular formula is C15H17NO3. The van der Waals surface area contributed by atoms with Crippen LogP contribution in [-0.4, -0.2) is 24.5 Å². The lowest BCUT2D eigenvalue weighted by Crippen LogP contribution is -2.35. The molecule has 4 nitrogen and oxygen atoms in total. The molecule has 0 unspecified atom stereocenters. The highest BCUT2D eigenvalue weighted by molar-refractivity contribution is 6.08. The van der Waals surface area contributed by atoms with E-state index in [1.54, 1.807) is 7.11 Å². The van der Waals surface area contributed by atoms with Crippen LogP contribution in [0.3, 0.4) is 0 Å². The molecule has 4 heteroatoms. The molecule has 100 valence electrons. The first-order chi connectivity index (χ1) is 9.23. The number of esters is 1. The van der Waals surface area contributed by atoms with Gasteiger partial charge in [0.15, 0.2) is 5.54 Å². The van der Waals surface area contributed by atoms with Crippen LogP contribution >= 0.6 is 0 Å². The SMILES string of the molecule is COc1ccc(C2=NC3(CCCCC3)C(=O)O2)cc1. The Kier molecular flexibility index (Phi) is 3.01. The molecular weight excluding hydrogens is 242 g/mol. The van der Waals surface area contributed by atoms with Gasteiger partial charge in [0.1, 0.15) is 5.75 Å². The highest BCUT2D eigenvalue weighted by Crippen LogP contribution is 2.37. The number of rotatable bonds is 2. The lowest BCUT2D eigenvalue weighted by Gasteiger charge is -2.25. The zero-order chi connectivity index (χ0) is 13.3. The van der Waals surface area contributed by atoms with Crippen molar-refractivity contribution in [2.24, 2.45) is 4.99 Å². The third-order valence-corrected chi connectivity index (χ3v) is 3.90. The summed E-state index contributed by atoms with van der Waals surface area (Å²) in [6.45, 7) is 0. The van der Waals surface area contributed by atoms with Gasteiger partial charge in [-0.3, -0.25) is 0 Å². The molecule has 1 spiro atoms. The molecule has 1 aromatic rings. The number of hydrogen-bond donors (Lipinski definition) is 0. The van der Waals surface area contributed by atoms with Crippen molar-refractivity contribution in [2.45, 2.75) is 37.6 Å². The van der Waals surface area contributed by atoms with Crippen LogP contribution < -0.4 is 4.74 Å². The third kappa shape index (κ3) is 2.11. The summed E-state index contributed by atoms with van der Waals surface area (Å²) in [7, 11) is 1.62. The smallest absolute Gasteiger partial charge is 0.340 e. The Morgan fingerprint density at radius 2 is 1.84 bits per heavy atom. The van der Waals surface area contributed by atoms with Crippen LogP contribution in [0.25, 0.3) is 0 Å². The fraction of sp³-hybridized carbons (Fsp3) is 0.467. The standard InChI is InChI=1S/C15H17NO3/c1-18-12-7-5-11(6-8-12)13-16-15(14(17)19-13)9-3-2-4-10-15/h5-8H,2-4,9-10H2,1H3. The molecule has 0 saturated heterocycles. The van der Waals surface area contributed by atoms with E-state index in [2.05, 4.69) is 4.99 Å². The second kappa shape index (κ2) is 4.68. The summed E-state index contributed by atoms with van der Waals surface area (Å²) < 4.78 is 10.5. The number of ether oxygens (including phenoxy) is 2. The number of carbonyl (C=O) groups excluding carboxylic acids is 1. The predicted octanol–water partition coefficient (Wildman–Crippen LogP) is 2.70. The highest BCUT2D eigenvalue weighted by Gasteiger charge is 2.46. The second-order valence-electron chi connectivity index (χ2n) is 5.13. The van der Waals surface area contributed by atoms with Crippen molar-refractivity contribution in [1.82, 2.24) is 0 Å². The maximum atomic E-state index is 12.1. The fourth-order valence-electron chi connectivity index (χ4n) is 2.76. The molecule has 1 aromatic carbocycles. The molecule has 1 aliphatic carbocycles. The van der Waals surface area contributed by atoms with Gasteiger partial charge < -0.3 is 9.47 Å². The molecule has 0 bridgehead atoms. The minimum Gasteiger partial charge on any atom is -0.497 e. The van der Waals surface area contributed by atoms with E-state index in [9.17, 15) is 4.79 Å². The minimum atomic E-state index is -0.604. The molecule has 1 aliphatic heterocycles. The Labute approximate surface area is 112 Å². The number of nitrogens with zero attached hydrogens (tertiary/aromatic N) is 1. The van der Waals surface area contributed by atoms with E-state index in [0.717, 1.165) is 37.0 Å². The van der Waals surface area contributed by atoms with Gasteiger partial charge in [-0.1, -0.05) is 19.3 Å². The van der Waals surface area contributed by atoms with Crippen LogP contribution in [0, 0.1) is 0 Å². The van der Waals surface area contributed by atoms with Gasteiger partial charge in [0.25, 0.3) is 0 Å². The number of cyclic esters (lactones) is 1. The summed E-state index contributed by atoms with van der Waals surface area (Å²) in [5.74, 6) is 1.05. The van der Waals surface area contributed by atoms with E-state index in [4.69, 9.17) is 9.47 Å². The average molecular weight is 259 g/mol. The molecule has 0 amide bonds. The van der Waals surface area contributed by atoms with Crippen LogP contribution in [-0.2, 0) is 9.53 Å². The maximum Gasteiger partial charge on any atom is 0.340 e. The van der Waals surface area contributed by atoms with Gasteiger partial charge >= 0.3 is 5.97 Å². The van der Waals surface area contributed by atoms with Gasteiger partial charge in [-0.15, -0.1) is 0 Å². The van der Waals surface area contributed by atoms with Crippen molar-refractivity contribution in [3.63, 3.8) is 0 Å². The Balaban J connectivity index is 1.88. The van der Waals surface area contributed by atoms with Gasteiger partial charge in [0.2, 0.25) is 5.90 Å². The molecule has 2 aliphatic rings. The van der Waals surface area contributed by atoms with Crippen molar-refractivity contribution in [3.05, 3.63) is 29.8 Å². The van der Waals surface area contributed by atoms with Gasteiger partial charge in [0.05, 0.1) is 7.11 Å². The molecule has 1 fully saturated rings. The summed E-state index contributed by atoms with van der Waals surface area (Å²) in [6.07, 6.45) is 4.91.